The third-order valence-electron chi connectivity index (χ3n) is 8.61. The number of allylic oxidation sites excluding steroid dienone is 7. The van der Waals surface area contributed by atoms with E-state index in [0.29, 0.717) is 12.8 Å². The molecule has 0 bridgehead atoms. The summed E-state index contributed by atoms with van der Waals surface area (Å²) in [6, 6.07) is 0. The average molecular weight is 754 g/mol. The minimum Gasteiger partial charge on any atom is -0.462 e. The molecule has 3 unspecified atom stereocenters. The molecule has 0 aliphatic carbocycles. The summed E-state index contributed by atoms with van der Waals surface area (Å²) in [5, 5.41) is 0. The summed E-state index contributed by atoms with van der Waals surface area (Å²) in [5.41, 5.74) is 5.34. The lowest BCUT2D eigenvalue weighted by Gasteiger charge is -2.19. The summed E-state index contributed by atoms with van der Waals surface area (Å²) in [6.07, 6.45) is 38.7. The van der Waals surface area contributed by atoms with Crippen LogP contribution in [0.4, 0.5) is 0 Å². The Labute approximate surface area is 315 Å². The molecule has 3 N–H and O–H groups in total. The van der Waals surface area contributed by atoms with Gasteiger partial charge in [0.25, 0.3) is 0 Å². The Kier molecular flexibility index (Phi) is 30.9. The second-order valence-electron chi connectivity index (χ2n) is 13.5. The van der Waals surface area contributed by atoms with E-state index < -0.39 is 32.5 Å². The first-order chi connectivity index (χ1) is 25.3. The van der Waals surface area contributed by atoms with Crippen molar-refractivity contribution in [3.8, 4) is 0 Å². The van der Waals surface area contributed by atoms with Gasteiger partial charge in [-0.1, -0.05) is 114 Å². The van der Waals surface area contributed by atoms with Gasteiger partial charge < -0.3 is 24.8 Å². The average Bonchev–Trinajstić information content (AvgIpc) is 3.88. The third-order valence-corrected chi connectivity index (χ3v) is 9.60. The Hall–Kier alpha value is -2.07. The smallest absolute Gasteiger partial charge is 0.462 e. The molecule has 0 amide bonds. The van der Waals surface area contributed by atoms with Crippen LogP contribution in [0.1, 0.15) is 155 Å². The minimum atomic E-state index is -4.40. The van der Waals surface area contributed by atoms with E-state index in [4.69, 9.17) is 29.0 Å². The fraction of sp³-hybridized carbons (Fsp3) is 0.756. The van der Waals surface area contributed by atoms with Crippen LogP contribution in [0.3, 0.4) is 0 Å². The SMILES string of the molecule is CCCCC/C=C\C/C=C\C/C=C\CC1OC1CCCC(=O)O[C@H](COC(=O)CCCCCCC/C=C\CCCCCC)COP(=O)(O)OCCN. The van der Waals surface area contributed by atoms with E-state index in [0.717, 1.165) is 64.2 Å². The molecule has 0 radical (unpaired) electrons. The van der Waals surface area contributed by atoms with Gasteiger partial charge in [-0.3, -0.25) is 18.6 Å². The number of phosphoric ester groups is 1. The Morgan fingerprint density at radius 3 is 1.94 bits per heavy atom. The number of carbonyl (C=O) groups is 2. The number of hydrogen-bond acceptors (Lipinski definition) is 9. The number of phosphoric acid groups is 1. The van der Waals surface area contributed by atoms with Crippen molar-refractivity contribution in [3.05, 3.63) is 48.6 Å². The summed E-state index contributed by atoms with van der Waals surface area (Å²) in [4.78, 5) is 34.9. The van der Waals surface area contributed by atoms with Crippen molar-refractivity contribution >= 4 is 19.8 Å². The van der Waals surface area contributed by atoms with Gasteiger partial charge in [0.2, 0.25) is 0 Å². The summed E-state index contributed by atoms with van der Waals surface area (Å²) in [5.74, 6) is -0.919. The lowest BCUT2D eigenvalue weighted by atomic mass is 10.1. The molecule has 1 fully saturated rings. The number of hydrogen-bond donors (Lipinski definition) is 2. The number of ether oxygens (including phenoxy) is 3. The molecular formula is C41H72NO9P. The van der Waals surface area contributed by atoms with Gasteiger partial charge in [-0.25, -0.2) is 4.57 Å². The predicted molar refractivity (Wildman–Crippen MR) is 210 cm³/mol. The van der Waals surface area contributed by atoms with Crippen molar-refractivity contribution in [2.24, 2.45) is 5.73 Å². The van der Waals surface area contributed by atoms with Gasteiger partial charge in [-0.15, -0.1) is 0 Å². The first-order valence-electron chi connectivity index (χ1n) is 20.2. The van der Waals surface area contributed by atoms with Crippen molar-refractivity contribution in [2.75, 3.05) is 26.4 Å². The standard InChI is InChI=1S/C41H72NO9P/c1-3-5-7-9-11-13-15-17-19-21-23-25-27-31-40(43)47-35-37(36-49-52(45,46)48-34-33-42)50-41(44)32-28-30-39-38(51-39)29-26-24-22-20-18-16-14-12-10-8-6-4-2/h12-15,18,20,24,26,37-39H,3-11,16-17,19,21-23,25,27-36,42H2,1-2H3,(H,45,46)/b14-12-,15-13-,20-18-,26-24-/t37-,38?,39?/m1/s1. The highest BCUT2D eigenvalue weighted by atomic mass is 31.2. The zero-order chi connectivity index (χ0) is 38.0. The van der Waals surface area contributed by atoms with Crippen LogP contribution in [0.5, 0.6) is 0 Å². The van der Waals surface area contributed by atoms with E-state index in [1.54, 1.807) is 0 Å². The molecule has 1 aliphatic rings. The van der Waals surface area contributed by atoms with Crippen molar-refractivity contribution in [1.29, 1.82) is 0 Å². The van der Waals surface area contributed by atoms with Gasteiger partial charge in [0.1, 0.15) is 6.61 Å². The number of esters is 2. The van der Waals surface area contributed by atoms with Gasteiger partial charge in [0.15, 0.2) is 6.10 Å². The van der Waals surface area contributed by atoms with Crippen LogP contribution >= 0.6 is 7.82 Å². The normalized spacial score (nSPS) is 17.8. The van der Waals surface area contributed by atoms with E-state index in [-0.39, 0.29) is 44.8 Å². The molecular weight excluding hydrogens is 681 g/mol. The number of nitrogens with two attached hydrogens (primary N) is 1. The first kappa shape index (κ1) is 48.0. The van der Waals surface area contributed by atoms with Crippen LogP contribution in [0.2, 0.25) is 0 Å². The summed E-state index contributed by atoms with van der Waals surface area (Å²) in [6.45, 7) is 3.57. The molecule has 0 aromatic carbocycles. The fourth-order valence-electron chi connectivity index (χ4n) is 5.48. The van der Waals surface area contributed by atoms with Crippen molar-refractivity contribution < 1.29 is 42.3 Å². The van der Waals surface area contributed by atoms with Gasteiger partial charge >= 0.3 is 19.8 Å². The molecule has 1 saturated heterocycles. The molecule has 0 aromatic heterocycles. The van der Waals surface area contributed by atoms with Crippen LogP contribution in [0.25, 0.3) is 0 Å². The Balaban J connectivity index is 2.28. The second-order valence-corrected chi connectivity index (χ2v) is 15.0. The quantitative estimate of drug-likeness (QED) is 0.0208. The zero-order valence-corrected chi connectivity index (χ0v) is 33.4. The van der Waals surface area contributed by atoms with Crippen LogP contribution in [-0.2, 0) is 37.4 Å². The van der Waals surface area contributed by atoms with Gasteiger partial charge in [0.05, 0.1) is 25.4 Å². The predicted octanol–water partition coefficient (Wildman–Crippen LogP) is 10.1. The maximum atomic E-state index is 12.6. The van der Waals surface area contributed by atoms with Crippen molar-refractivity contribution in [3.63, 3.8) is 0 Å². The highest BCUT2D eigenvalue weighted by molar-refractivity contribution is 7.47. The van der Waals surface area contributed by atoms with Gasteiger partial charge in [-0.05, 0) is 77.0 Å². The van der Waals surface area contributed by atoms with E-state index in [2.05, 4.69) is 62.5 Å². The highest BCUT2D eigenvalue weighted by Crippen LogP contribution is 2.43. The molecule has 300 valence electrons. The molecule has 4 atom stereocenters. The molecule has 1 rings (SSSR count). The van der Waals surface area contributed by atoms with Crippen LogP contribution in [0.15, 0.2) is 48.6 Å². The minimum absolute atomic E-state index is 0.0384. The molecule has 11 heteroatoms. The highest BCUT2D eigenvalue weighted by Gasteiger charge is 2.36. The van der Waals surface area contributed by atoms with Gasteiger partial charge in [0, 0.05) is 19.4 Å². The lowest BCUT2D eigenvalue weighted by molar-refractivity contribution is -0.161. The topological polar surface area (TPSA) is 147 Å². The second kappa shape index (κ2) is 33.5. The molecule has 1 aliphatic heterocycles. The molecule has 0 spiro atoms. The fourth-order valence-corrected chi connectivity index (χ4v) is 6.24. The summed E-state index contributed by atoms with van der Waals surface area (Å²) >= 11 is 0. The third kappa shape index (κ3) is 30.4. The van der Waals surface area contributed by atoms with Gasteiger partial charge in [-0.2, -0.15) is 0 Å². The van der Waals surface area contributed by atoms with E-state index in [1.807, 2.05) is 0 Å². The summed E-state index contributed by atoms with van der Waals surface area (Å²) in [7, 11) is -4.40. The summed E-state index contributed by atoms with van der Waals surface area (Å²) < 4.78 is 38.5. The first-order valence-corrected chi connectivity index (χ1v) is 21.7. The number of rotatable bonds is 36. The Bertz CT molecular complexity index is 1060. The van der Waals surface area contributed by atoms with E-state index in [1.165, 1.54) is 51.4 Å². The number of epoxide rings is 1. The maximum Gasteiger partial charge on any atom is 0.472 e. The van der Waals surface area contributed by atoms with Crippen LogP contribution in [0, 0.1) is 0 Å². The molecule has 52 heavy (non-hydrogen) atoms. The van der Waals surface area contributed by atoms with Crippen molar-refractivity contribution in [2.45, 2.75) is 173 Å². The van der Waals surface area contributed by atoms with E-state index >= 15 is 0 Å². The monoisotopic (exact) mass is 753 g/mol. The van der Waals surface area contributed by atoms with E-state index in [9.17, 15) is 19.0 Å². The van der Waals surface area contributed by atoms with Crippen molar-refractivity contribution in [1.82, 2.24) is 0 Å². The van der Waals surface area contributed by atoms with Crippen LogP contribution < -0.4 is 5.73 Å². The lowest BCUT2D eigenvalue weighted by Crippen LogP contribution is -2.29. The molecule has 10 nitrogen and oxygen atoms in total. The maximum absolute atomic E-state index is 12.6. The molecule has 0 aromatic rings. The Morgan fingerprint density at radius 2 is 1.25 bits per heavy atom. The Morgan fingerprint density at radius 1 is 0.692 bits per heavy atom. The largest absolute Gasteiger partial charge is 0.472 e. The number of unbranched alkanes of at least 4 members (excludes halogenated alkanes) is 12. The number of carbonyl (C=O) groups excluding carboxylic acids is 2. The zero-order valence-electron chi connectivity index (χ0n) is 32.5. The molecule has 1 heterocycles. The van der Waals surface area contributed by atoms with Crippen LogP contribution in [-0.4, -0.2) is 61.5 Å². The molecule has 0 saturated carbocycles.